The largest absolute Gasteiger partial charge is 0.335 e. The molecule has 2 aliphatic heterocycles. The zero-order valence-corrected chi connectivity index (χ0v) is 12.6. The van der Waals surface area contributed by atoms with Crippen LogP contribution >= 0.6 is 0 Å². The summed E-state index contributed by atoms with van der Waals surface area (Å²) in [6.45, 7) is 6.87. The first-order valence-electron chi connectivity index (χ1n) is 7.61. The fraction of sp³-hybridized carbons (Fsp3) is 0.733. The number of nitrogens with zero attached hydrogens (tertiary/aromatic N) is 3. The van der Waals surface area contributed by atoms with Crippen molar-refractivity contribution in [3.05, 3.63) is 17.0 Å². The molecule has 5 heteroatoms. The van der Waals surface area contributed by atoms with Gasteiger partial charge in [0.15, 0.2) is 0 Å². The smallest absolute Gasteiger partial charge is 0.227 e. The van der Waals surface area contributed by atoms with Crippen LogP contribution in [0, 0.1) is 19.8 Å². The second kappa shape index (κ2) is 5.20. The van der Waals surface area contributed by atoms with E-state index in [9.17, 15) is 4.79 Å². The molecule has 2 unspecified atom stereocenters. The minimum Gasteiger partial charge on any atom is -0.335 e. The first kappa shape index (κ1) is 13.6. The maximum absolute atomic E-state index is 12.7. The molecule has 0 bridgehead atoms. The highest BCUT2D eigenvalue weighted by Crippen LogP contribution is 2.36. The molecule has 1 aromatic rings. The third-order valence-corrected chi connectivity index (χ3v) is 4.84. The standard InChI is InChI=1S/C15H24N4O/c1-10-14(11(2)18(3)17-10)13-5-4-8-19(13)15(20)12-6-7-16-9-12/h12-13,16H,4-9H2,1-3H3. The highest BCUT2D eigenvalue weighted by Gasteiger charge is 2.37. The summed E-state index contributed by atoms with van der Waals surface area (Å²) >= 11 is 0. The molecule has 1 N–H and O–H groups in total. The van der Waals surface area contributed by atoms with E-state index < -0.39 is 0 Å². The Morgan fingerprint density at radius 2 is 2.15 bits per heavy atom. The van der Waals surface area contributed by atoms with Crippen LogP contribution in [0.15, 0.2) is 0 Å². The monoisotopic (exact) mass is 276 g/mol. The van der Waals surface area contributed by atoms with Crippen LogP contribution < -0.4 is 5.32 Å². The lowest BCUT2D eigenvalue weighted by Crippen LogP contribution is -2.36. The zero-order chi connectivity index (χ0) is 14.3. The molecule has 2 saturated heterocycles. The van der Waals surface area contributed by atoms with Gasteiger partial charge in [0.05, 0.1) is 17.7 Å². The second-order valence-corrected chi connectivity index (χ2v) is 6.09. The Kier molecular flexibility index (Phi) is 3.54. The van der Waals surface area contributed by atoms with Gasteiger partial charge >= 0.3 is 0 Å². The lowest BCUT2D eigenvalue weighted by molar-refractivity contribution is -0.135. The van der Waals surface area contributed by atoms with Crippen molar-refractivity contribution in [3.8, 4) is 0 Å². The summed E-state index contributed by atoms with van der Waals surface area (Å²) in [6.07, 6.45) is 3.15. The fourth-order valence-electron chi connectivity index (χ4n) is 3.70. The van der Waals surface area contributed by atoms with Crippen LogP contribution in [0.3, 0.4) is 0 Å². The summed E-state index contributed by atoms with van der Waals surface area (Å²) in [6, 6.07) is 0.233. The predicted octanol–water partition coefficient (Wildman–Crippen LogP) is 1.31. The molecule has 3 rings (SSSR count). The molecule has 0 radical (unpaired) electrons. The van der Waals surface area contributed by atoms with Crippen molar-refractivity contribution in [2.75, 3.05) is 19.6 Å². The summed E-state index contributed by atoms with van der Waals surface area (Å²) in [5, 5.41) is 7.81. The summed E-state index contributed by atoms with van der Waals surface area (Å²) in [5.41, 5.74) is 3.53. The Bertz CT molecular complexity index is 516. The highest BCUT2D eigenvalue weighted by atomic mass is 16.2. The van der Waals surface area contributed by atoms with Crippen LogP contribution in [-0.4, -0.2) is 40.2 Å². The van der Waals surface area contributed by atoms with Crippen molar-refractivity contribution in [1.82, 2.24) is 20.0 Å². The SMILES string of the molecule is Cc1nn(C)c(C)c1C1CCCN1C(=O)C1CCNC1. The molecule has 20 heavy (non-hydrogen) atoms. The maximum Gasteiger partial charge on any atom is 0.227 e. The molecule has 2 fully saturated rings. The van der Waals surface area contributed by atoms with Gasteiger partial charge in [0.25, 0.3) is 0 Å². The number of carbonyl (C=O) groups is 1. The molecule has 3 heterocycles. The van der Waals surface area contributed by atoms with Crippen LogP contribution in [0.1, 0.15) is 42.3 Å². The van der Waals surface area contributed by atoms with E-state index in [4.69, 9.17) is 0 Å². The third-order valence-electron chi connectivity index (χ3n) is 4.84. The van der Waals surface area contributed by atoms with Gasteiger partial charge in [-0.3, -0.25) is 9.48 Å². The van der Waals surface area contributed by atoms with Gasteiger partial charge < -0.3 is 10.2 Å². The number of hydrogen-bond donors (Lipinski definition) is 1. The van der Waals surface area contributed by atoms with Crippen LogP contribution in [0.25, 0.3) is 0 Å². The van der Waals surface area contributed by atoms with Crippen molar-refractivity contribution in [3.63, 3.8) is 0 Å². The normalized spacial score (nSPS) is 26.4. The topological polar surface area (TPSA) is 50.2 Å². The number of rotatable bonds is 2. The summed E-state index contributed by atoms with van der Waals surface area (Å²) < 4.78 is 1.93. The van der Waals surface area contributed by atoms with Crippen LogP contribution in [0.2, 0.25) is 0 Å². The molecule has 0 aliphatic carbocycles. The highest BCUT2D eigenvalue weighted by molar-refractivity contribution is 5.80. The quantitative estimate of drug-likeness (QED) is 0.886. The number of aromatic nitrogens is 2. The molecule has 1 amide bonds. The number of amides is 1. The Balaban J connectivity index is 1.86. The molecule has 2 atom stereocenters. The van der Waals surface area contributed by atoms with Gasteiger partial charge in [-0.25, -0.2) is 0 Å². The molecule has 2 aliphatic rings. The van der Waals surface area contributed by atoms with E-state index in [-0.39, 0.29) is 12.0 Å². The average molecular weight is 276 g/mol. The molecule has 110 valence electrons. The Hall–Kier alpha value is -1.36. The predicted molar refractivity (Wildman–Crippen MR) is 77.3 cm³/mol. The summed E-state index contributed by atoms with van der Waals surface area (Å²) in [4.78, 5) is 14.8. The average Bonchev–Trinajstić information content (AvgIpc) is 3.12. The lowest BCUT2D eigenvalue weighted by atomic mass is 10.0. The van der Waals surface area contributed by atoms with Crippen molar-refractivity contribution in [2.45, 2.75) is 39.2 Å². The first-order chi connectivity index (χ1) is 9.59. The number of carbonyl (C=O) groups excluding carboxylic acids is 1. The van der Waals surface area contributed by atoms with Crippen molar-refractivity contribution >= 4 is 5.91 Å². The van der Waals surface area contributed by atoms with Gasteiger partial charge in [-0.1, -0.05) is 0 Å². The molecule has 1 aromatic heterocycles. The number of aryl methyl sites for hydroxylation is 2. The van der Waals surface area contributed by atoms with Gasteiger partial charge in [0, 0.05) is 31.4 Å². The molecule has 0 aromatic carbocycles. The molecule has 0 saturated carbocycles. The molecular weight excluding hydrogens is 252 g/mol. The third kappa shape index (κ3) is 2.14. The Morgan fingerprint density at radius 1 is 1.35 bits per heavy atom. The van der Waals surface area contributed by atoms with Crippen molar-refractivity contribution in [1.29, 1.82) is 0 Å². The second-order valence-electron chi connectivity index (χ2n) is 6.09. The minimum absolute atomic E-state index is 0.174. The Labute approximate surface area is 120 Å². The minimum atomic E-state index is 0.174. The molecule has 0 spiro atoms. The Morgan fingerprint density at radius 3 is 2.75 bits per heavy atom. The van der Waals surface area contributed by atoms with E-state index in [1.807, 2.05) is 11.7 Å². The molecular formula is C15H24N4O. The van der Waals surface area contributed by atoms with Gasteiger partial charge in [0.1, 0.15) is 0 Å². The number of nitrogens with one attached hydrogen (secondary N) is 1. The zero-order valence-electron chi connectivity index (χ0n) is 12.6. The molecule has 5 nitrogen and oxygen atoms in total. The van der Waals surface area contributed by atoms with E-state index in [0.717, 1.165) is 44.6 Å². The van der Waals surface area contributed by atoms with Gasteiger partial charge in [-0.05, 0) is 39.7 Å². The van der Waals surface area contributed by atoms with Gasteiger partial charge in [0.2, 0.25) is 5.91 Å². The lowest BCUT2D eigenvalue weighted by Gasteiger charge is -2.27. The van der Waals surface area contributed by atoms with Crippen molar-refractivity contribution < 1.29 is 4.79 Å². The van der Waals surface area contributed by atoms with E-state index in [2.05, 4.69) is 29.2 Å². The van der Waals surface area contributed by atoms with E-state index in [1.165, 1.54) is 11.3 Å². The fourth-order valence-corrected chi connectivity index (χ4v) is 3.70. The van der Waals surface area contributed by atoms with Crippen LogP contribution in [-0.2, 0) is 11.8 Å². The van der Waals surface area contributed by atoms with E-state index in [0.29, 0.717) is 5.91 Å². The van der Waals surface area contributed by atoms with Crippen LogP contribution in [0.4, 0.5) is 0 Å². The van der Waals surface area contributed by atoms with E-state index in [1.54, 1.807) is 0 Å². The first-order valence-corrected chi connectivity index (χ1v) is 7.61. The van der Waals surface area contributed by atoms with Gasteiger partial charge in [-0.15, -0.1) is 0 Å². The number of hydrogen-bond acceptors (Lipinski definition) is 3. The number of likely N-dealkylation sites (tertiary alicyclic amines) is 1. The van der Waals surface area contributed by atoms with Gasteiger partial charge in [-0.2, -0.15) is 5.10 Å². The van der Waals surface area contributed by atoms with Crippen LogP contribution in [0.5, 0.6) is 0 Å². The van der Waals surface area contributed by atoms with E-state index >= 15 is 0 Å². The summed E-state index contributed by atoms with van der Waals surface area (Å²) in [5.74, 6) is 0.507. The summed E-state index contributed by atoms with van der Waals surface area (Å²) in [7, 11) is 1.98. The van der Waals surface area contributed by atoms with Crippen molar-refractivity contribution in [2.24, 2.45) is 13.0 Å². The maximum atomic E-state index is 12.7.